The Hall–Kier alpha value is -1.07. The highest BCUT2D eigenvalue weighted by atomic mass is 79.9. The molecule has 1 fully saturated rings. The Labute approximate surface area is 121 Å². The molecule has 0 spiro atoms. The summed E-state index contributed by atoms with van der Waals surface area (Å²) in [6.07, 6.45) is 1.93. The maximum atomic E-state index is 11.0. The van der Waals surface area contributed by atoms with Gasteiger partial charge in [-0.2, -0.15) is 0 Å². The third-order valence-corrected chi connectivity index (χ3v) is 4.07. The van der Waals surface area contributed by atoms with Crippen molar-refractivity contribution in [2.24, 2.45) is 0 Å². The lowest BCUT2D eigenvalue weighted by molar-refractivity contribution is -0.119. The molecule has 1 amide bonds. The van der Waals surface area contributed by atoms with Crippen LogP contribution < -0.4 is 10.2 Å². The first kappa shape index (κ1) is 14.3. The minimum absolute atomic E-state index is 0.0481. The normalized spacial score (nSPS) is 16.5. The maximum Gasteiger partial charge on any atom is 0.217 e. The number of nitrogens with one attached hydrogen (secondary N) is 1. The van der Waals surface area contributed by atoms with Gasteiger partial charge in [0, 0.05) is 30.5 Å². The van der Waals surface area contributed by atoms with Gasteiger partial charge in [-0.25, -0.2) is 0 Å². The van der Waals surface area contributed by atoms with Gasteiger partial charge in [-0.05, 0) is 46.5 Å². The van der Waals surface area contributed by atoms with E-state index in [1.165, 1.54) is 0 Å². The number of halogens is 1. The van der Waals surface area contributed by atoms with E-state index in [4.69, 9.17) is 5.11 Å². The summed E-state index contributed by atoms with van der Waals surface area (Å²) >= 11 is 3.56. The second kappa shape index (κ2) is 6.39. The first-order valence-electron chi connectivity index (χ1n) is 6.51. The molecule has 2 rings (SSSR count). The molecule has 1 aliphatic heterocycles. The van der Waals surface area contributed by atoms with Gasteiger partial charge in [-0.15, -0.1) is 0 Å². The third-order valence-electron chi connectivity index (χ3n) is 3.44. The van der Waals surface area contributed by atoms with Crippen molar-refractivity contribution in [3.63, 3.8) is 0 Å². The standard InChI is InChI=1S/C14H19BrN2O2/c1-10(19)16-12-4-6-17(7-5-12)14-3-2-11(9-18)8-13(14)15/h2-3,8,12,18H,4-7,9H2,1H3,(H,16,19). The van der Waals surface area contributed by atoms with Crippen molar-refractivity contribution >= 4 is 27.5 Å². The predicted molar refractivity (Wildman–Crippen MR) is 79.1 cm³/mol. The number of aliphatic hydroxyl groups excluding tert-OH is 1. The van der Waals surface area contributed by atoms with Crippen LogP contribution in [0.4, 0.5) is 5.69 Å². The van der Waals surface area contributed by atoms with Crippen molar-refractivity contribution in [2.45, 2.75) is 32.4 Å². The lowest BCUT2D eigenvalue weighted by atomic mass is 10.0. The molecule has 0 aromatic heterocycles. The number of hydrogen-bond acceptors (Lipinski definition) is 3. The summed E-state index contributed by atoms with van der Waals surface area (Å²) in [6, 6.07) is 6.23. The lowest BCUT2D eigenvalue weighted by Gasteiger charge is -2.34. The molecule has 2 N–H and O–H groups in total. The molecule has 1 aromatic carbocycles. The van der Waals surface area contributed by atoms with Crippen LogP contribution in [-0.4, -0.2) is 30.1 Å². The molecule has 1 aliphatic rings. The summed E-state index contributed by atoms with van der Waals surface area (Å²) in [5.74, 6) is 0.0481. The van der Waals surface area contributed by atoms with Gasteiger partial charge in [0.2, 0.25) is 5.91 Å². The first-order chi connectivity index (χ1) is 9.10. The number of aliphatic hydroxyl groups is 1. The van der Waals surface area contributed by atoms with E-state index in [1.54, 1.807) is 6.92 Å². The molecular formula is C14H19BrN2O2. The maximum absolute atomic E-state index is 11.0. The highest BCUT2D eigenvalue weighted by Crippen LogP contribution is 2.29. The van der Waals surface area contributed by atoms with Crippen LogP contribution in [0, 0.1) is 0 Å². The molecule has 4 nitrogen and oxygen atoms in total. The number of carbonyl (C=O) groups excluding carboxylic acids is 1. The molecule has 1 aromatic rings. The van der Waals surface area contributed by atoms with Crippen molar-refractivity contribution in [3.8, 4) is 0 Å². The van der Waals surface area contributed by atoms with Gasteiger partial charge >= 0.3 is 0 Å². The SMILES string of the molecule is CC(=O)NC1CCN(c2ccc(CO)cc2Br)CC1. The molecule has 0 radical (unpaired) electrons. The second-order valence-electron chi connectivity index (χ2n) is 4.91. The lowest BCUT2D eigenvalue weighted by Crippen LogP contribution is -2.44. The van der Waals surface area contributed by atoms with E-state index in [-0.39, 0.29) is 12.5 Å². The Morgan fingerprint density at radius 1 is 1.47 bits per heavy atom. The number of amides is 1. The quantitative estimate of drug-likeness (QED) is 0.893. The molecule has 0 saturated carbocycles. The Bertz CT molecular complexity index is 457. The van der Waals surface area contributed by atoms with Gasteiger partial charge in [0.05, 0.1) is 12.3 Å². The van der Waals surface area contributed by atoms with E-state index in [1.807, 2.05) is 18.2 Å². The minimum Gasteiger partial charge on any atom is -0.392 e. The molecule has 1 saturated heterocycles. The second-order valence-corrected chi connectivity index (χ2v) is 5.76. The number of rotatable bonds is 3. The van der Waals surface area contributed by atoms with Crippen molar-refractivity contribution in [1.82, 2.24) is 5.32 Å². The van der Waals surface area contributed by atoms with Crippen LogP contribution in [0.15, 0.2) is 22.7 Å². The average Bonchev–Trinajstić information content (AvgIpc) is 2.39. The Morgan fingerprint density at radius 2 is 2.16 bits per heavy atom. The Morgan fingerprint density at radius 3 is 2.68 bits per heavy atom. The third kappa shape index (κ3) is 3.70. The number of piperidine rings is 1. The summed E-state index contributed by atoms with van der Waals surface area (Å²) in [5, 5.41) is 12.1. The van der Waals surface area contributed by atoms with Gasteiger partial charge in [-0.1, -0.05) is 6.07 Å². The minimum atomic E-state index is 0.0481. The van der Waals surface area contributed by atoms with Crippen LogP contribution >= 0.6 is 15.9 Å². The molecule has 19 heavy (non-hydrogen) atoms. The largest absolute Gasteiger partial charge is 0.392 e. The molecule has 0 unspecified atom stereocenters. The topological polar surface area (TPSA) is 52.6 Å². The van der Waals surface area contributed by atoms with Crippen molar-refractivity contribution in [3.05, 3.63) is 28.2 Å². The molecule has 0 bridgehead atoms. The summed E-state index contributed by atoms with van der Waals surface area (Å²) in [6.45, 7) is 3.49. The predicted octanol–water partition coefficient (Wildman–Crippen LogP) is 2.05. The van der Waals surface area contributed by atoms with Crippen molar-refractivity contribution in [1.29, 1.82) is 0 Å². The molecule has 0 atom stereocenters. The molecular weight excluding hydrogens is 308 g/mol. The van der Waals surface area contributed by atoms with E-state index in [2.05, 4.69) is 26.1 Å². The van der Waals surface area contributed by atoms with Crippen LogP contribution in [0.3, 0.4) is 0 Å². The number of benzene rings is 1. The molecule has 1 heterocycles. The molecule has 5 heteroatoms. The van der Waals surface area contributed by atoms with Crippen LogP contribution in [0.1, 0.15) is 25.3 Å². The van der Waals surface area contributed by atoms with Gasteiger partial charge in [0.1, 0.15) is 0 Å². The number of hydrogen-bond donors (Lipinski definition) is 2. The van der Waals surface area contributed by atoms with E-state index in [9.17, 15) is 4.79 Å². The Kier molecular flexibility index (Phi) is 4.82. The summed E-state index contributed by atoms with van der Waals surface area (Å²) < 4.78 is 1.01. The van der Waals surface area contributed by atoms with Gasteiger partial charge < -0.3 is 15.3 Å². The smallest absolute Gasteiger partial charge is 0.217 e. The number of carbonyl (C=O) groups is 1. The molecule has 0 aliphatic carbocycles. The monoisotopic (exact) mass is 326 g/mol. The van der Waals surface area contributed by atoms with Gasteiger partial charge in [0.15, 0.2) is 0 Å². The summed E-state index contributed by atoms with van der Waals surface area (Å²) in [5.41, 5.74) is 2.06. The zero-order valence-electron chi connectivity index (χ0n) is 11.0. The molecule has 104 valence electrons. The Balaban J connectivity index is 1.99. The fraction of sp³-hybridized carbons (Fsp3) is 0.500. The zero-order valence-corrected chi connectivity index (χ0v) is 12.6. The van der Waals surface area contributed by atoms with Crippen LogP contribution in [-0.2, 0) is 11.4 Å². The van der Waals surface area contributed by atoms with E-state index in [0.29, 0.717) is 6.04 Å². The van der Waals surface area contributed by atoms with Crippen LogP contribution in [0.25, 0.3) is 0 Å². The fourth-order valence-corrected chi connectivity index (χ4v) is 3.13. The highest BCUT2D eigenvalue weighted by molar-refractivity contribution is 9.10. The van der Waals surface area contributed by atoms with Crippen LogP contribution in [0.2, 0.25) is 0 Å². The van der Waals surface area contributed by atoms with E-state index >= 15 is 0 Å². The fourth-order valence-electron chi connectivity index (χ4n) is 2.46. The summed E-state index contributed by atoms with van der Waals surface area (Å²) in [4.78, 5) is 13.3. The van der Waals surface area contributed by atoms with Crippen molar-refractivity contribution in [2.75, 3.05) is 18.0 Å². The number of anilines is 1. The van der Waals surface area contributed by atoms with Gasteiger partial charge in [0.25, 0.3) is 0 Å². The zero-order chi connectivity index (χ0) is 13.8. The van der Waals surface area contributed by atoms with Crippen LogP contribution in [0.5, 0.6) is 0 Å². The summed E-state index contributed by atoms with van der Waals surface area (Å²) in [7, 11) is 0. The van der Waals surface area contributed by atoms with E-state index < -0.39 is 0 Å². The van der Waals surface area contributed by atoms with Crippen molar-refractivity contribution < 1.29 is 9.90 Å². The average molecular weight is 327 g/mol. The number of nitrogens with zero attached hydrogens (tertiary/aromatic N) is 1. The van der Waals surface area contributed by atoms with E-state index in [0.717, 1.165) is 41.7 Å². The highest BCUT2D eigenvalue weighted by Gasteiger charge is 2.21. The first-order valence-corrected chi connectivity index (χ1v) is 7.31. The van der Waals surface area contributed by atoms with Gasteiger partial charge in [-0.3, -0.25) is 4.79 Å².